The molecule has 0 unspecified atom stereocenters. The summed E-state index contributed by atoms with van der Waals surface area (Å²) in [4.78, 5) is 2.12. The second-order valence-electron chi connectivity index (χ2n) is 5.82. The molecule has 0 heterocycles. The van der Waals surface area contributed by atoms with Gasteiger partial charge in [-0.2, -0.15) is 0 Å². The summed E-state index contributed by atoms with van der Waals surface area (Å²) < 4.78 is 0. The molecular formula is C19H28N5+. The minimum atomic E-state index is 0.377. The third kappa shape index (κ3) is 5.95. The summed E-state index contributed by atoms with van der Waals surface area (Å²) in [5.41, 5.74) is 13.6. The fourth-order valence-electron chi connectivity index (χ4n) is 2.23. The Labute approximate surface area is 144 Å². The molecule has 2 aromatic rings. The molecule has 1 atom stereocenters. The van der Waals surface area contributed by atoms with E-state index >= 15 is 0 Å². The van der Waals surface area contributed by atoms with Crippen molar-refractivity contribution in [1.82, 2.24) is 10.3 Å². The average Bonchev–Trinajstić information content (AvgIpc) is 2.62. The number of benzene rings is 2. The lowest BCUT2D eigenvalue weighted by atomic mass is 10.2. The van der Waals surface area contributed by atoms with E-state index in [4.69, 9.17) is 0 Å². The monoisotopic (exact) mass is 326 g/mol. The van der Waals surface area contributed by atoms with Gasteiger partial charge >= 0.3 is 0 Å². The van der Waals surface area contributed by atoms with Crippen LogP contribution in [0.3, 0.4) is 0 Å². The first kappa shape index (κ1) is 17.8. The average molecular weight is 326 g/mol. The Bertz CT molecular complexity index is 609. The first-order chi connectivity index (χ1) is 11.7. The Hall–Kier alpha value is -2.50. The maximum atomic E-state index is 3.71. The van der Waals surface area contributed by atoms with Crippen molar-refractivity contribution >= 4 is 11.4 Å². The summed E-state index contributed by atoms with van der Waals surface area (Å²) in [7, 11) is 2.04. The summed E-state index contributed by atoms with van der Waals surface area (Å²) in [6, 6.07) is 19.0. The zero-order chi connectivity index (χ0) is 17.2. The topological polar surface area (TPSA) is 67.0 Å². The Morgan fingerprint density at radius 3 is 2.38 bits per heavy atom. The van der Waals surface area contributed by atoms with Gasteiger partial charge in [-0.25, -0.2) is 5.43 Å². The Balaban J connectivity index is 1.74. The molecule has 128 valence electrons. The van der Waals surface area contributed by atoms with Gasteiger partial charge in [-0.15, -0.1) is 0 Å². The molecule has 0 fully saturated rings. The zero-order valence-electron chi connectivity index (χ0n) is 14.5. The van der Waals surface area contributed by atoms with Crippen LogP contribution in [0.25, 0.3) is 0 Å². The van der Waals surface area contributed by atoms with Crippen LogP contribution in [0.4, 0.5) is 11.4 Å². The molecule has 0 spiro atoms. The van der Waals surface area contributed by atoms with E-state index in [0.717, 1.165) is 24.5 Å². The van der Waals surface area contributed by atoms with Crippen LogP contribution in [0.1, 0.15) is 12.5 Å². The van der Waals surface area contributed by atoms with Gasteiger partial charge in [0.2, 0.25) is 0 Å². The van der Waals surface area contributed by atoms with Crippen molar-refractivity contribution in [3.8, 4) is 0 Å². The molecule has 24 heavy (non-hydrogen) atoms. The van der Waals surface area contributed by atoms with Crippen molar-refractivity contribution in [2.24, 2.45) is 0 Å². The third-order valence-electron chi connectivity index (χ3n) is 3.89. The van der Waals surface area contributed by atoms with Crippen LogP contribution < -0.4 is 21.9 Å². The summed E-state index contributed by atoms with van der Waals surface area (Å²) >= 11 is 0. The van der Waals surface area contributed by atoms with E-state index < -0.39 is 0 Å². The first-order valence-corrected chi connectivity index (χ1v) is 8.23. The third-order valence-corrected chi connectivity index (χ3v) is 3.89. The van der Waals surface area contributed by atoms with Crippen molar-refractivity contribution in [3.05, 3.63) is 72.6 Å². The smallest absolute Gasteiger partial charge is 0.107 e. The van der Waals surface area contributed by atoms with Gasteiger partial charge in [0.05, 0.1) is 6.20 Å². The van der Waals surface area contributed by atoms with Crippen LogP contribution >= 0.6 is 0 Å². The molecule has 0 aliphatic heterocycles. The Morgan fingerprint density at radius 1 is 1.04 bits per heavy atom. The van der Waals surface area contributed by atoms with Crippen LogP contribution in [0, 0.1) is 0 Å². The van der Waals surface area contributed by atoms with E-state index in [2.05, 4.69) is 82.3 Å². The van der Waals surface area contributed by atoms with Gasteiger partial charge in [0.1, 0.15) is 6.20 Å². The quantitative estimate of drug-likeness (QED) is 0.534. The number of hydrazine groups is 1. The molecule has 0 saturated heterocycles. The van der Waals surface area contributed by atoms with E-state index in [-0.39, 0.29) is 0 Å². The predicted octanol–water partition coefficient (Wildman–Crippen LogP) is 2.25. The zero-order valence-corrected chi connectivity index (χ0v) is 14.5. The minimum Gasteiger partial charge on any atom is -0.381 e. The van der Waals surface area contributed by atoms with Crippen molar-refractivity contribution in [2.45, 2.75) is 19.5 Å². The van der Waals surface area contributed by atoms with Gasteiger partial charge in [-0.3, -0.25) is 0 Å². The number of rotatable bonds is 9. The van der Waals surface area contributed by atoms with Crippen molar-refractivity contribution < 1.29 is 5.73 Å². The number of likely N-dealkylation sites (N-methyl/N-ethyl adjacent to an activating group) is 1. The predicted molar refractivity (Wildman–Crippen MR) is 101 cm³/mol. The van der Waals surface area contributed by atoms with Crippen LogP contribution in [-0.4, -0.2) is 24.5 Å². The summed E-state index contributed by atoms with van der Waals surface area (Å²) in [5.74, 6) is 0. The van der Waals surface area contributed by atoms with E-state index in [0.29, 0.717) is 6.04 Å². The second-order valence-corrected chi connectivity index (χ2v) is 5.82. The lowest BCUT2D eigenvalue weighted by Gasteiger charge is -2.23. The van der Waals surface area contributed by atoms with Gasteiger partial charge in [0.15, 0.2) is 0 Å². The summed E-state index contributed by atoms with van der Waals surface area (Å²) in [5, 5.41) is 3.42. The maximum Gasteiger partial charge on any atom is 0.107 e. The van der Waals surface area contributed by atoms with Crippen LogP contribution in [0.2, 0.25) is 0 Å². The highest BCUT2D eigenvalue weighted by atomic mass is 15.4. The second kappa shape index (κ2) is 9.60. The number of quaternary nitrogens is 1. The molecule has 6 N–H and O–H groups in total. The molecule has 0 aliphatic carbocycles. The van der Waals surface area contributed by atoms with Crippen molar-refractivity contribution in [3.63, 3.8) is 0 Å². The van der Waals surface area contributed by atoms with Crippen LogP contribution in [0.15, 0.2) is 67.0 Å². The van der Waals surface area contributed by atoms with E-state index in [1.807, 2.05) is 19.3 Å². The molecule has 0 aliphatic rings. The van der Waals surface area contributed by atoms with Crippen LogP contribution in [0.5, 0.6) is 0 Å². The maximum absolute atomic E-state index is 3.71. The molecule has 0 bridgehead atoms. The highest BCUT2D eigenvalue weighted by molar-refractivity contribution is 5.53. The molecular weight excluding hydrogens is 298 g/mol. The molecule has 5 nitrogen and oxygen atoms in total. The fourth-order valence-corrected chi connectivity index (χ4v) is 2.23. The van der Waals surface area contributed by atoms with Crippen LogP contribution in [-0.2, 0) is 6.54 Å². The molecule has 2 rings (SSSR count). The van der Waals surface area contributed by atoms with Gasteiger partial charge in [0, 0.05) is 37.6 Å². The highest BCUT2D eigenvalue weighted by Gasteiger charge is 2.04. The number of hydrogen-bond acceptors (Lipinski definition) is 4. The van der Waals surface area contributed by atoms with Crippen molar-refractivity contribution in [2.75, 3.05) is 24.3 Å². The van der Waals surface area contributed by atoms with E-state index in [9.17, 15) is 0 Å². The lowest BCUT2D eigenvalue weighted by molar-refractivity contribution is -0.276. The number of hydrogen-bond donors (Lipinski definition) is 4. The van der Waals surface area contributed by atoms with E-state index in [1.54, 1.807) is 6.20 Å². The number of nitrogens with one attached hydrogen (secondary N) is 3. The Kier molecular flexibility index (Phi) is 7.14. The number of nitrogens with zero attached hydrogens (tertiary/aromatic N) is 1. The highest BCUT2D eigenvalue weighted by Crippen LogP contribution is 2.14. The fraction of sp³-hybridized carbons (Fsp3) is 0.263. The molecule has 0 radical (unpaired) electrons. The first-order valence-electron chi connectivity index (χ1n) is 8.23. The lowest BCUT2D eigenvalue weighted by Crippen LogP contribution is -2.42. The van der Waals surface area contributed by atoms with E-state index in [1.165, 1.54) is 5.56 Å². The van der Waals surface area contributed by atoms with Gasteiger partial charge in [-0.05, 0) is 36.8 Å². The minimum absolute atomic E-state index is 0.377. The van der Waals surface area contributed by atoms with Crippen molar-refractivity contribution in [1.29, 1.82) is 0 Å². The normalized spacial score (nSPS) is 12.1. The molecule has 2 aromatic carbocycles. The Morgan fingerprint density at radius 2 is 1.71 bits per heavy atom. The van der Waals surface area contributed by atoms with Gasteiger partial charge < -0.3 is 21.4 Å². The molecule has 0 saturated carbocycles. The standard InChI is InChI=1S/C19H27N5/c1-16(24(2)13-12-20)14-22-23-19-10-8-18(9-11-19)21-15-17-6-4-3-5-7-17/h3-13,16,21-23H,14-15,20H2,1-2H3/p+1/b13-12-/t16-/m1/s1. The summed E-state index contributed by atoms with van der Waals surface area (Å²) in [6.07, 6.45) is 3.77. The van der Waals surface area contributed by atoms with Gasteiger partial charge in [0.25, 0.3) is 0 Å². The molecule has 0 aromatic heterocycles. The van der Waals surface area contributed by atoms with Gasteiger partial charge in [-0.1, -0.05) is 30.3 Å². The molecule has 0 amide bonds. The summed E-state index contributed by atoms with van der Waals surface area (Å²) in [6.45, 7) is 3.82. The molecule has 5 heteroatoms. The number of anilines is 2. The SMILES string of the molecule is C[C@H](CNNc1ccc(NCc2ccccc2)cc1)N(C)/C=C\[NH3+]. The largest absolute Gasteiger partial charge is 0.381 e.